The van der Waals surface area contributed by atoms with Crippen molar-refractivity contribution in [3.05, 3.63) is 42.2 Å². The van der Waals surface area contributed by atoms with Crippen molar-refractivity contribution in [1.29, 1.82) is 0 Å². The molecule has 5 nitrogen and oxygen atoms in total. The summed E-state index contributed by atoms with van der Waals surface area (Å²) in [6, 6.07) is 8.35. The minimum absolute atomic E-state index is 0.114. The minimum atomic E-state index is 0.114. The van der Waals surface area contributed by atoms with E-state index < -0.39 is 0 Å². The number of hydrogen-bond acceptors (Lipinski definition) is 4. The predicted molar refractivity (Wildman–Crippen MR) is 100 cm³/mol. The number of amides is 1. The van der Waals surface area contributed by atoms with E-state index in [4.69, 9.17) is 4.74 Å². The molecule has 1 aliphatic heterocycles. The molecule has 3 rings (SSSR count). The van der Waals surface area contributed by atoms with Crippen molar-refractivity contribution in [2.45, 2.75) is 37.9 Å². The summed E-state index contributed by atoms with van der Waals surface area (Å²) in [5, 5.41) is 0.850. The molecule has 1 unspecified atom stereocenters. The number of morpholine rings is 1. The number of para-hydroxylation sites is 1. The molecule has 0 aliphatic carbocycles. The largest absolute Gasteiger partial charge is 0.375 e. The molecule has 2 heterocycles. The Morgan fingerprint density at radius 1 is 1.40 bits per heavy atom. The van der Waals surface area contributed by atoms with E-state index in [-0.39, 0.29) is 12.0 Å². The molecule has 6 heteroatoms. The van der Waals surface area contributed by atoms with Gasteiger partial charge in [-0.2, -0.15) is 0 Å². The van der Waals surface area contributed by atoms with E-state index in [1.807, 2.05) is 24.1 Å². The molecular formula is C19H25N3O2S. The fourth-order valence-electron chi connectivity index (χ4n) is 3.04. The topological polar surface area (TPSA) is 47.4 Å². The van der Waals surface area contributed by atoms with Crippen molar-refractivity contribution in [1.82, 2.24) is 14.5 Å². The van der Waals surface area contributed by atoms with Crippen molar-refractivity contribution in [2.24, 2.45) is 0 Å². The van der Waals surface area contributed by atoms with E-state index in [1.54, 1.807) is 6.20 Å². The average molecular weight is 359 g/mol. The zero-order valence-corrected chi connectivity index (χ0v) is 15.8. The Bertz CT molecular complexity index is 729. The third kappa shape index (κ3) is 4.25. The van der Waals surface area contributed by atoms with Crippen molar-refractivity contribution in [2.75, 3.05) is 25.4 Å². The highest BCUT2D eigenvalue weighted by Crippen LogP contribution is 2.27. The lowest BCUT2D eigenvalue weighted by atomic mass is 10.0. The first-order valence-corrected chi connectivity index (χ1v) is 9.69. The molecule has 0 bridgehead atoms. The van der Waals surface area contributed by atoms with Crippen molar-refractivity contribution in [3.8, 4) is 5.69 Å². The standard InChI is InChI=1S/C19H25N3O2S/c1-14(2)16-6-4-5-7-17(16)22-9-8-20-19(22)25-13-18(23)21-10-11-24-15(3)12-21/h4-9,14-15H,10-13H2,1-3H3. The number of rotatable bonds is 5. The van der Waals surface area contributed by atoms with Gasteiger partial charge in [-0.05, 0) is 24.5 Å². The number of nitrogens with zero attached hydrogens (tertiary/aromatic N) is 3. The number of benzene rings is 1. The Hall–Kier alpha value is -1.79. The third-order valence-corrected chi connectivity index (χ3v) is 5.30. The fourth-order valence-corrected chi connectivity index (χ4v) is 3.91. The second kappa shape index (κ2) is 8.06. The molecule has 1 aliphatic rings. The molecule has 0 saturated carbocycles. The van der Waals surface area contributed by atoms with Crippen molar-refractivity contribution >= 4 is 17.7 Å². The first-order chi connectivity index (χ1) is 12.1. The Kier molecular flexibility index (Phi) is 5.81. The van der Waals surface area contributed by atoms with Gasteiger partial charge < -0.3 is 9.64 Å². The molecule has 2 aromatic rings. The highest BCUT2D eigenvalue weighted by Gasteiger charge is 2.22. The number of thioether (sulfide) groups is 1. The molecule has 1 atom stereocenters. The van der Waals surface area contributed by atoms with E-state index in [2.05, 4.69) is 41.6 Å². The van der Waals surface area contributed by atoms with Crippen molar-refractivity contribution < 1.29 is 9.53 Å². The van der Waals surface area contributed by atoms with Crippen LogP contribution in [0.5, 0.6) is 0 Å². The summed E-state index contributed by atoms with van der Waals surface area (Å²) in [5.41, 5.74) is 2.40. The Labute approximate surface area is 153 Å². The van der Waals surface area contributed by atoms with Gasteiger partial charge in [-0.25, -0.2) is 4.98 Å². The maximum Gasteiger partial charge on any atom is 0.233 e. The van der Waals surface area contributed by atoms with Crippen LogP contribution in [0.3, 0.4) is 0 Å². The molecule has 1 fully saturated rings. The summed E-state index contributed by atoms with van der Waals surface area (Å²) >= 11 is 1.49. The van der Waals surface area contributed by atoms with Crippen LogP contribution in [-0.2, 0) is 9.53 Å². The first kappa shape index (κ1) is 18.0. The van der Waals surface area contributed by atoms with Gasteiger partial charge in [-0.15, -0.1) is 0 Å². The van der Waals surface area contributed by atoms with E-state index in [0.717, 1.165) is 10.8 Å². The van der Waals surface area contributed by atoms with E-state index >= 15 is 0 Å². The van der Waals surface area contributed by atoms with Crippen LogP contribution in [0.2, 0.25) is 0 Å². The van der Waals surface area contributed by atoms with Crippen LogP contribution < -0.4 is 0 Å². The highest BCUT2D eigenvalue weighted by atomic mass is 32.2. The number of imidazole rings is 1. The summed E-state index contributed by atoms with van der Waals surface area (Å²) in [5.74, 6) is 0.966. The zero-order chi connectivity index (χ0) is 17.8. The second-order valence-corrected chi connectivity index (χ2v) is 7.55. The molecule has 1 amide bonds. The van der Waals surface area contributed by atoms with E-state index in [0.29, 0.717) is 31.4 Å². The molecular weight excluding hydrogens is 334 g/mol. The minimum Gasteiger partial charge on any atom is -0.375 e. The lowest BCUT2D eigenvalue weighted by Crippen LogP contribution is -2.45. The van der Waals surface area contributed by atoms with Gasteiger partial charge in [0.25, 0.3) is 0 Å². The molecule has 0 radical (unpaired) electrons. The lowest BCUT2D eigenvalue weighted by molar-refractivity contribution is -0.135. The van der Waals surface area contributed by atoms with Gasteiger partial charge in [-0.3, -0.25) is 9.36 Å². The molecule has 0 spiro atoms. The van der Waals surface area contributed by atoms with Gasteiger partial charge in [0.05, 0.1) is 24.2 Å². The normalized spacial score (nSPS) is 17.9. The van der Waals surface area contributed by atoms with Gasteiger partial charge in [0.2, 0.25) is 5.91 Å². The highest BCUT2D eigenvalue weighted by molar-refractivity contribution is 7.99. The summed E-state index contributed by atoms with van der Waals surface area (Å²) in [7, 11) is 0. The zero-order valence-electron chi connectivity index (χ0n) is 15.0. The number of carbonyl (C=O) groups is 1. The van der Waals surface area contributed by atoms with Crippen LogP contribution >= 0.6 is 11.8 Å². The van der Waals surface area contributed by atoms with Crippen LogP contribution in [0.25, 0.3) is 5.69 Å². The number of carbonyl (C=O) groups excluding carboxylic acids is 1. The fraction of sp³-hybridized carbons (Fsp3) is 0.474. The van der Waals surface area contributed by atoms with E-state index in [1.165, 1.54) is 17.3 Å². The quantitative estimate of drug-likeness (QED) is 0.768. The lowest BCUT2D eigenvalue weighted by Gasteiger charge is -2.31. The Balaban J connectivity index is 1.71. The average Bonchev–Trinajstić information content (AvgIpc) is 3.08. The van der Waals surface area contributed by atoms with Crippen LogP contribution in [0.1, 0.15) is 32.3 Å². The maximum absolute atomic E-state index is 12.5. The summed E-state index contributed by atoms with van der Waals surface area (Å²) in [6.07, 6.45) is 3.87. The number of ether oxygens (including phenoxy) is 1. The summed E-state index contributed by atoms with van der Waals surface area (Å²) in [4.78, 5) is 18.8. The van der Waals surface area contributed by atoms with Gasteiger partial charge in [0, 0.05) is 25.5 Å². The van der Waals surface area contributed by atoms with Crippen molar-refractivity contribution in [3.63, 3.8) is 0 Å². The molecule has 1 aromatic carbocycles. The second-order valence-electron chi connectivity index (χ2n) is 6.60. The van der Waals surface area contributed by atoms with E-state index in [9.17, 15) is 4.79 Å². The smallest absolute Gasteiger partial charge is 0.233 e. The van der Waals surface area contributed by atoms with Crippen LogP contribution in [0.15, 0.2) is 41.8 Å². The maximum atomic E-state index is 12.5. The van der Waals surface area contributed by atoms with Gasteiger partial charge in [0.1, 0.15) is 0 Å². The SMILES string of the molecule is CC1CN(C(=O)CSc2nccn2-c2ccccc2C(C)C)CCO1. The molecule has 134 valence electrons. The molecule has 25 heavy (non-hydrogen) atoms. The Morgan fingerprint density at radius 3 is 2.96 bits per heavy atom. The van der Waals surface area contributed by atoms with Gasteiger partial charge >= 0.3 is 0 Å². The van der Waals surface area contributed by atoms with Gasteiger partial charge in [-0.1, -0.05) is 43.8 Å². The first-order valence-electron chi connectivity index (χ1n) is 8.71. The van der Waals surface area contributed by atoms with Crippen LogP contribution in [0, 0.1) is 0 Å². The summed E-state index contributed by atoms with van der Waals surface area (Å²) < 4.78 is 7.58. The number of hydrogen-bond donors (Lipinski definition) is 0. The number of aromatic nitrogens is 2. The monoisotopic (exact) mass is 359 g/mol. The van der Waals surface area contributed by atoms with Crippen LogP contribution in [-0.4, -0.2) is 51.9 Å². The molecule has 1 saturated heterocycles. The summed E-state index contributed by atoms with van der Waals surface area (Å²) in [6.45, 7) is 8.34. The third-order valence-electron chi connectivity index (χ3n) is 4.34. The van der Waals surface area contributed by atoms with Gasteiger partial charge in [0.15, 0.2) is 5.16 Å². The predicted octanol–water partition coefficient (Wildman–Crippen LogP) is 3.34. The molecule has 1 aromatic heterocycles. The molecule has 0 N–H and O–H groups in total. The Morgan fingerprint density at radius 2 is 2.20 bits per heavy atom. The van der Waals surface area contributed by atoms with Crippen LogP contribution in [0.4, 0.5) is 0 Å².